The van der Waals surface area contributed by atoms with E-state index in [0.29, 0.717) is 11.8 Å². The number of sulfone groups is 1. The van der Waals surface area contributed by atoms with Gasteiger partial charge < -0.3 is 10.1 Å². The minimum absolute atomic E-state index is 0.133. The maximum atomic E-state index is 11.8. The van der Waals surface area contributed by atoms with Gasteiger partial charge in [0.1, 0.15) is 9.84 Å². The maximum absolute atomic E-state index is 11.8. The lowest BCUT2D eigenvalue weighted by molar-refractivity contribution is 0.0112. The zero-order chi connectivity index (χ0) is 14.6. The summed E-state index contributed by atoms with van der Waals surface area (Å²) in [5.74, 6) is 0.798. The third-order valence-electron chi connectivity index (χ3n) is 4.40. The highest BCUT2D eigenvalue weighted by atomic mass is 32.2. The van der Waals surface area contributed by atoms with Gasteiger partial charge in [-0.05, 0) is 38.1 Å². The van der Waals surface area contributed by atoms with Crippen LogP contribution in [-0.2, 0) is 14.6 Å². The smallest absolute Gasteiger partial charge is 0.150 e. The lowest BCUT2D eigenvalue weighted by atomic mass is 9.79. The fraction of sp³-hybridized carbons (Fsp3) is 1.00. The Bertz CT molecular complexity index is 367. The molecular formula is C14H29NO3S. The molecule has 5 heteroatoms. The second kappa shape index (κ2) is 7.04. The molecule has 4 atom stereocenters. The minimum atomic E-state index is -2.92. The number of methoxy groups -OCH3 is 1. The van der Waals surface area contributed by atoms with E-state index in [1.54, 1.807) is 7.11 Å². The van der Waals surface area contributed by atoms with Gasteiger partial charge in [-0.25, -0.2) is 8.42 Å². The van der Waals surface area contributed by atoms with E-state index >= 15 is 0 Å². The predicted molar refractivity (Wildman–Crippen MR) is 79.1 cm³/mol. The summed E-state index contributed by atoms with van der Waals surface area (Å²) in [6.45, 7) is 4.30. The van der Waals surface area contributed by atoms with Crippen LogP contribution >= 0.6 is 0 Å². The van der Waals surface area contributed by atoms with Crippen LogP contribution in [0.25, 0.3) is 0 Å². The van der Waals surface area contributed by atoms with Gasteiger partial charge in [-0.1, -0.05) is 20.3 Å². The van der Waals surface area contributed by atoms with Crippen LogP contribution in [-0.4, -0.2) is 46.2 Å². The van der Waals surface area contributed by atoms with Gasteiger partial charge >= 0.3 is 0 Å². The average molecular weight is 291 g/mol. The summed E-state index contributed by atoms with van der Waals surface area (Å²) in [6.07, 6.45) is 5.15. The van der Waals surface area contributed by atoms with Crippen molar-refractivity contribution in [3.8, 4) is 0 Å². The molecule has 0 saturated heterocycles. The second-order valence-corrected chi connectivity index (χ2v) is 8.46. The normalized spacial score (nSPS) is 28.3. The third kappa shape index (κ3) is 4.43. The molecule has 0 radical (unpaired) electrons. The van der Waals surface area contributed by atoms with Crippen LogP contribution in [0.15, 0.2) is 0 Å². The third-order valence-corrected chi connectivity index (χ3v) is 6.04. The van der Waals surface area contributed by atoms with E-state index in [-0.39, 0.29) is 17.4 Å². The SMILES string of the molecule is CNC(C1CCCC(S(C)(=O)=O)C1)C(OC)C(C)C. The molecule has 1 aliphatic rings. The van der Waals surface area contributed by atoms with Gasteiger partial charge in [-0.2, -0.15) is 0 Å². The first-order valence-electron chi connectivity index (χ1n) is 7.20. The highest BCUT2D eigenvalue weighted by molar-refractivity contribution is 7.91. The molecule has 1 saturated carbocycles. The van der Waals surface area contributed by atoms with Crippen molar-refractivity contribution in [1.29, 1.82) is 0 Å². The molecular weight excluding hydrogens is 262 g/mol. The molecule has 0 aromatic rings. The summed E-state index contributed by atoms with van der Waals surface area (Å²) in [6, 6.07) is 0.231. The van der Waals surface area contributed by atoms with E-state index in [1.807, 2.05) is 7.05 Å². The molecule has 114 valence electrons. The van der Waals surface area contributed by atoms with Crippen molar-refractivity contribution >= 4 is 9.84 Å². The maximum Gasteiger partial charge on any atom is 0.150 e. The van der Waals surface area contributed by atoms with E-state index in [9.17, 15) is 8.42 Å². The lowest BCUT2D eigenvalue weighted by Crippen LogP contribution is -2.49. The highest BCUT2D eigenvalue weighted by Crippen LogP contribution is 2.33. The first-order valence-corrected chi connectivity index (χ1v) is 9.15. The largest absolute Gasteiger partial charge is 0.380 e. The van der Waals surface area contributed by atoms with E-state index in [1.165, 1.54) is 6.26 Å². The summed E-state index contributed by atoms with van der Waals surface area (Å²) in [4.78, 5) is 0. The van der Waals surface area contributed by atoms with Gasteiger partial charge in [0.05, 0.1) is 11.4 Å². The van der Waals surface area contributed by atoms with Crippen LogP contribution < -0.4 is 5.32 Å². The molecule has 1 fully saturated rings. The monoisotopic (exact) mass is 291 g/mol. The summed E-state index contributed by atoms with van der Waals surface area (Å²) >= 11 is 0. The topological polar surface area (TPSA) is 55.4 Å². The average Bonchev–Trinajstić information content (AvgIpc) is 2.34. The Hall–Kier alpha value is -0.130. The van der Waals surface area contributed by atoms with Crippen LogP contribution in [0.4, 0.5) is 0 Å². The Kier molecular flexibility index (Phi) is 6.27. The van der Waals surface area contributed by atoms with Gasteiger partial charge in [-0.15, -0.1) is 0 Å². The highest BCUT2D eigenvalue weighted by Gasteiger charge is 2.36. The Morgan fingerprint density at radius 3 is 2.32 bits per heavy atom. The first-order chi connectivity index (χ1) is 8.81. The number of nitrogens with one attached hydrogen (secondary N) is 1. The van der Waals surface area contributed by atoms with Crippen molar-refractivity contribution in [2.75, 3.05) is 20.4 Å². The van der Waals surface area contributed by atoms with Crippen molar-refractivity contribution in [2.45, 2.75) is 56.9 Å². The molecule has 0 heterocycles. The number of hydrogen-bond donors (Lipinski definition) is 1. The standard InChI is InChI=1S/C14H29NO3S/c1-10(2)14(18-4)13(15-3)11-7-6-8-12(9-11)19(5,16)17/h10-15H,6-9H2,1-5H3. The molecule has 19 heavy (non-hydrogen) atoms. The van der Waals surface area contributed by atoms with E-state index < -0.39 is 9.84 Å². The van der Waals surface area contributed by atoms with Crippen molar-refractivity contribution < 1.29 is 13.2 Å². The van der Waals surface area contributed by atoms with Crippen LogP contribution in [0.2, 0.25) is 0 Å². The Morgan fingerprint density at radius 1 is 1.26 bits per heavy atom. The second-order valence-electron chi connectivity index (χ2n) is 6.14. The van der Waals surface area contributed by atoms with Gasteiger partial charge in [-0.3, -0.25) is 0 Å². The van der Waals surface area contributed by atoms with E-state index in [2.05, 4.69) is 19.2 Å². The van der Waals surface area contributed by atoms with Crippen molar-refractivity contribution in [3.05, 3.63) is 0 Å². The number of hydrogen-bond acceptors (Lipinski definition) is 4. The molecule has 0 bridgehead atoms. The Morgan fingerprint density at radius 2 is 1.89 bits per heavy atom. The van der Waals surface area contributed by atoms with Crippen LogP contribution in [0.5, 0.6) is 0 Å². The molecule has 4 nitrogen and oxygen atoms in total. The molecule has 4 unspecified atom stereocenters. The summed E-state index contributed by atoms with van der Waals surface area (Å²) < 4.78 is 29.2. The number of likely N-dealkylation sites (N-methyl/N-ethyl adjacent to an activating group) is 1. The molecule has 0 aliphatic heterocycles. The first kappa shape index (κ1) is 16.9. The van der Waals surface area contributed by atoms with Gasteiger partial charge in [0.2, 0.25) is 0 Å². The summed E-state index contributed by atoms with van der Waals surface area (Å²) in [7, 11) is 0.768. The number of rotatable bonds is 6. The molecule has 1 rings (SSSR count). The van der Waals surface area contributed by atoms with Crippen molar-refractivity contribution in [3.63, 3.8) is 0 Å². The quantitative estimate of drug-likeness (QED) is 0.811. The van der Waals surface area contributed by atoms with Crippen LogP contribution in [0.1, 0.15) is 39.5 Å². The molecule has 0 aromatic heterocycles. The van der Waals surface area contributed by atoms with Gasteiger partial charge in [0.15, 0.2) is 0 Å². The zero-order valence-electron chi connectivity index (χ0n) is 12.8. The molecule has 0 amide bonds. The molecule has 1 aliphatic carbocycles. The predicted octanol–water partition coefficient (Wildman–Crippen LogP) is 1.85. The zero-order valence-corrected chi connectivity index (χ0v) is 13.7. The minimum Gasteiger partial charge on any atom is -0.380 e. The molecule has 1 N–H and O–H groups in total. The van der Waals surface area contributed by atoms with Gasteiger partial charge in [0, 0.05) is 19.4 Å². The lowest BCUT2D eigenvalue weighted by Gasteiger charge is -2.38. The number of ether oxygens (including phenoxy) is 1. The van der Waals surface area contributed by atoms with Crippen LogP contribution in [0, 0.1) is 11.8 Å². The molecule has 0 spiro atoms. The Labute approximate surface area is 118 Å². The van der Waals surface area contributed by atoms with Crippen molar-refractivity contribution in [1.82, 2.24) is 5.32 Å². The van der Waals surface area contributed by atoms with E-state index in [0.717, 1.165) is 25.7 Å². The van der Waals surface area contributed by atoms with Crippen molar-refractivity contribution in [2.24, 2.45) is 11.8 Å². The van der Waals surface area contributed by atoms with E-state index in [4.69, 9.17) is 4.74 Å². The molecule has 0 aromatic carbocycles. The fourth-order valence-electron chi connectivity index (χ4n) is 3.40. The van der Waals surface area contributed by atoms with Gasteiger partial charge in [0.25, 0.3) is 0 Å². The van der Waals surface area contributed by atoms with Crippen LogP contribution in [0.3, 0.4) is 0 Å². The Balaban J connectivity index is 2.81. The summed E-state index contributed by atoms with van der Waals surface area (Å²) in [5, 5.41) is 3.18. The fourth-order valence-corrected chi connectivity index (χ4v) is 4.59. The summed E-state index contributed by atoms with van der Waals surface area (Å²) in [5.41, 5.74) is 0.